The van der Waals surface area contributed by atoms with Gasteiger partial charge in [0.1, 0.15) is 0 Å². The Balaban J connectivity index is 2.28. The van der Waals surface area contributed by atoms with Crippen molar-refractivity contribution >= 4 is 23.4 Å². The zero-order valence-electron chi connectivity index (χ0n) is 14.4. The Bertz CT molecular complexity index is 727. The van der Waals surface area contributed by atoms with Crippen LogP contribution in [0.25, 0.3) is 0 Å². The van der Waals surface area contributed by atoms with Crippen molar-refractivity contribution in [3.05, 3.63) is 71.3 Å². The first-order chi connectivity index (χ1) is 12.0. The summed E-state index contributed by atoms with van der Waals surface area (Å²) in [7, 11) is 0. The van der Waals surface area contributed by atoms with Gasteiger partial charge in [-0.2, -0.15) is 0 Å². The summed E-state index contributed by atoms with van der Waals surface area (Å²) in [5.41, 5.74) is 0.752. The van der Waals surface area contributed by atoms with Gasteiger partial charge in [0.05, 0.1) is 5.41 Å². The second kappa shape index (κ2) is 8.82. The molecule has 1 unspecified atom stereocenters. The van der Waals surface area contributed by atoms with Crippen LogP contribution in [0.1, 0.15) is 54.1 Å². The highest BCUT2D eigenvalue weighted by Gasteiger charge is 2.35. The van der Waals surface area contributed by atoms with Gasteiger partial charge in [0.25, 0.3) is 0 Å². The molecule has 1 atom stereocenters. The maximum absolute atomic E-state index is 12.6. The number of carboxylic acid groups (broad SMARTS) is 1. The Hall–Kier alpha value is -2.13. The van der Waals surface area contributed by atoms with E-state index in [2.05, 4.69) is 0 Å². The van der Waals surface area contributed by atoms with Crippen LogP contribution in [-0.2, 0) is 10.2 Å². The van der Waals surface area contributed by atoms with Gasteiger partial charge in [-0.1, -0.05) is 61.4 Å². The molecule has 1 N–H and O–H groups in total. The molecule has 2 rings (SSSR count). The van der Waals surface area contributed by atoms with Crippen molar-refractivity contribution in [2.75, 3.05) is 5.88 Å². The Kier molecular flexibility index (Phi) is 6.77. The molecule has 0 saturated carbocycles. The number of benzene rings is 2. The van der Waals surface area contributed by atoms with Crippen LogP contribution in [0.15, 0.2) is 54.6 Å². The van der Waals surface area contributed by atoms with Crippen LogP contribution in [0.3, 0.4) is 0 Å². The van der Waals surface area contributed by atoms with Gasteiger partial charge in [-0.15, -0.1) is 11.6 Å². The van der Waals surface area contributed by atoms with Crippen molar-refractivity contribution in [3.63, 3.8) is 0 Å². The topological polar surface area (TPSA) is 54.4 Å². The van der Waals surface area contributed by atoms with Crippen molar-refractivity contribution in [1.29, 1.82) is 0 Å². The molecule has 4 heteroatoms. The van der Waals surface area contributed by atoms with Crippen molar-refractivity contribution in [1.82, 2.24) is 0 Å². The molecule has 0 aliphatic rings. The SMILES string of the molecule is CC(CCCCCCl)(C(=O)O)c1cccc(C(=O)c2ccccc2)c1. The fraction of sp³-hybridized carbons (Fsp3) is 0.333. The van der Waals surface area contributed by atoms with E-state index in [9.17, 15) is 14.7 Å². The van der Waals surface area contributed by atoms with E-state index in [1.54, 1.807) is 43.3 Å². The number of halogens is 1. The molecule has 25 heavy (non-hydrogen) atoms. The van der Waals surface area contributed by atoms with Crippen LogP contribution in [0.2, 0.25) is 0 Å². The number of carboxylic acids is 1. The van der Waals surface area contributed by atoms with Gasteiger partial charge in [-0.25, -0.2) is 0 Å². The minimum absolute atomic E-state index is 0.0997. The van der Waals surface area contributed by atoms with Gasteiger partial charge in [-0.05, 0) is 31.4 Å². The maximum Gasteiger partial charge on any atom is 0.313 e. The lowest BCUT2D eigenvalue weighted by molar-refractivity contribution is -0.143. The predicted octanol–water partition coefficient (Wildman–Crippen LogP) is 5.06. The molecule has 2 aromatic carbocycles. The van der Waals surface area contributed by atoms with Gasteiger partial charge in [0, 0.05) is 17.0 Å². The summed E-state index contributed by atoms with van der Waals surface area (Å²) in [6, 6.07) is 16.0. The molecule has 0 aliphatic heterocycles. The molecular formula is C21H23ClO3. The van der Waals surface area contributed by atoms with Crippen LogP contribution in [0.5, 0.6) is 0 Å². The average Bonchev–Trinajstić information content (AvgIpc) is 2.65. The monoisotopic (exact) mass is 358 g/mol. The first-order valence-corrected chi connectivity index (χ1v) is 9.02. The third-order valence-electron chi connectivity index (χ3n) is 4.58. The van der Waals surface area contributed by atoms with Crippen LogP contribution < -0.4 is 0 Å². The van der Waals surface area contributed by atoms with Crippen molar-refractivity contribution < 1.29 is 14.7 Å². The summed E-state index contributed by atoms with van der Waals surface area (Å²) < 4.78 is 0. The lowest BCUT2D eigenvalue weighted by Crippen LogP contribution is -2.32. The Labute approximate surface area is 153 Å². The minimum Gasteiger partial charge on any atom is -0.481 e. The number of rotatable bonds is 9. The highest BCUT2D eigenvalue weighted by molar-refractivity contribution is 6.17. The third-order valence-corrected chi connectivity index (χ3v) is 4.85. The molecule has 3 nitrogen and oxygen atoms in total. The number of ketones is 1. The zero-order valence-corrected chi connectivity index (χ0v) is 15.1. The normalized spacial score (nSPS) is 13.2. The van der Waals surface area contributed by atoms with E-state index < -0.39 is 11.4 Å². The summed E-state index contributed by atoms with van der Waals surface area (Å²) in [6.45, 7) is 1.72. The summed E-state index contributed by atoms with van der Waals surface area (Å²) in [4.78, 5) is 24.6. The minimum atomic E-state index is -1.01. The highest BCUT2D eigenvalue weighted by Crippen LogP contribution is 2.31. The molecule has 0 amide bonds. The lowest BCUT2D eigenvalue weighted by atomic mass is 9.77. The lowest BCUT2D eigenvalue weighted by Gasteiger charge is -2.26. The Morgan fingerprint density at radius 2 is 1.64 bits per heavy atom. The molecule has 0 fully saturated rings. The quantitative estimate of drug-likeness (QED) is 0.387. The summed E-state index contributed by atoms with van der Waals surface area (Å²) >= 11 is 5.69. The van der Waals surface area contributed by atoms with E-state index in [0.717, 1.165) is 19.3 Å². The molecule has 0 saturated heterocycles. The third kappa shape index (κ3) is 4.70. The van der Waals surface area contributed by atoms with E-state index in [0.29, 0.717) is 29.0 Å². The van der Waals surface area contributed by atoms with Gasteiger partial charge < -0.3 is 5.11 Å². The molecule has 132 valence electrons. The van der Waals surface area contributed by atoms with Crippen LogP contribution in [0, 0.1) is 0 Å². The molecule has 0 bridgehead atoms. The zero-order chi connectivity index (χ0) is 18.3. The molecular weight excluding hydrogens is 336 g/mol. The van der Waals surface area contributed by atoms with Gasteiger partial charge in [0.15, 0.2) is 5.78 Å². The fourth-order valence-corrected chi connectivity index (χ4v) is 3.07. The van der Waals surface area contributed by atoms with Crippen LogP contribution in [-0.4, -0.2) is 22.7 Å². The molecule has 0 spiro atoms. The predicted molar refractivity (Wildman–Crippen MR) is 100 cm³/mol. The number of alkyl halides is 1. The Morgan fingerprint density at radius 3 is 2.28 bits per heavy atom. The molecule has 0 aromatic heterocycles. The largest absolute Gasteiger partial charge is 0.481 e. The van der Waals surface area contributed by atoms with Gasteiger partial charge in [-0.3, -0.25) is 9.59 Å². The van der Waals surface area contributed by atoms with Crippen molar-refractivity contribution in [3.8, 4) is 0 Å². The fourth-order valence-electron chi connectivity index (χ4n) is 2.88. The Morgan fingerprint density at radius 1 is 0.960 bits per heavy atom. The average molecular weight is 359 g/mol. The van der Waals surface area contributed by atoms with Gasteiger partial charge in [0.2, 0.25) is 0 Å². The first-order valence-electron chi connectivity index (χ1n) is 8.48. The second-order valence-corrected chi connectivity index (χ2v) is 6.79. The van der Waals surface area contributed by atoms with E-state index in [-0.39, 0.29) is 5.78 Å². The van der Waals surface area contributed by atoms with Crippen molar-refractivity contribution in [2.45, 2.75) is 38.0 Å². The van der Waals surface area contributed by atoms with E-state index in [1.165, 1.54) is 0 Å². The number of carbonyl (C=O) groups is 2. The molecule has 0 radical (unpaired) electrons. The molecule has 2 aromatic rings. The number of unbranched alkanes of at least 4 members (excludes halogenated alkanes) is 2. The highest BCUT2D eigenvalue weighted by atomic mass is 35.5. The molecule has 0 heterocycles. The van der Waals surface area contributed by atoms with E-state index in [4.69, 9.17) is 11.6 Å². The summed E-state index contributed by atoms with van der Waals surface area (Å²) in [5.74, 6) is -0.384. The van der Waals surface area contributed by atoms with E-state index in [1.807, 2.05) is 18.2 Å². The second-order valence-electron chi connectivity index (χ2n) is 6.41. The van der Waals surface area contributed by atoms with E-state index >= 15 is 0 Å². The standard InChI is InChI=1S/C21H23ClO3/c1-21(20(24)25,13-6-3-7-14-22)18-12-8-11-17(15-18)19(23)16-9-4-2-5-10-16/h2,4-5,8-12,15H,3,6-7,13-14H2,1H3,(H,24,25). The first kappa shape index (κ1) is 19.2. The number of hydrogen-bond donors (Lipinski definition) is 1. The summed E-state index contributed by atoms with van der Waals surface area (Å²) in [6.07, 6.45) is 3.08. The van der Waals surface area contributed by atoms with Crippen LogP contribution >= 0.6 is 11.6 Å². The number of hydrogen-bond acceptors (Lipinski definition) is 2. The smallest absolute Gasteiger partial charge is 0.313 e. The summed E-state index contributed by atoms with van der Waals surface area (Å²) in [5, 5.41) is 9.78. The van der Waals surface area contributed by atoms with Gasteiger partial charge >= 0.3 is 5.97 Å². The van der Waals surface area contributed by atoms with Crippen molar-refractivity contribution in [2.24, 2.45) is 0 Å². The number of aliphatic carboxylic acids is 1. The number of carbonyl (C=O) groups excluding carboxylic acids is 1. The molecule has 0 aliphatic carbocycles. The van der Waals surface area contributed by atoms with Crippen LogP contribution in [0.4, 0.5) is 0 Å². The maximum atomic E-state index is 12.6.